The molecule has 0 N–H and O–H groups in total. The first-order valence-electron chi connectivity index (χ1n) is 4.71. The fourth-order valence-corrected chi connectivity index (χ4v) is 2.16. The average Bonchev–Trinajstić information content (AvgIpc) is 2.08. The third-order valence-electron chi connectivity index (χ3n) is 2.59. The highest BCUT2D eigenvalue weighted by Gasteiger charge is 2.18. The molecule has 2 rings (SSSR count). The molecule has 0 radical (unpaired) electrons. The van der Waals surface area contributed by atoms with E-state index in [4.69, 9.17) is 0 Å². The van der Waals surface area contributed by atoms with Crippen molar-refractivity contribution < 1.29 is 4.39 Å². The molecule has 2 unspecified atom stereocenters. The van der Waals surface area contributed by atoms with Crippen LogP contribution in [-0.4, -0.2) is 5.71 Å². The summed E-state index contributed by atoms with van der Waals surface area (Å²) in [6, 6.07) is 3.41. The van der Waals surface area contributed by atoms with Crippen LogP contribution in [0.3, 0.4) is 0 Å². The summed E-state index contributed by atoms with van der Waals surface area (Å²) in [5.41, 5.74) is 3.04. The van der Waals surface area contributed by atoms with Crippen LogP contribution in [0.15, 0.2) is 17.1 Å². The van der Waals surface area contributed by atoms with Crippen molar-refractivity contribution >= 4 is 25.9 Å². The van der Waals surface area contributed by atoms with E-state index in [1.54, 1.807) is 0 Å². The second-order valence-electron chi connectivity index (χ2n) is 3.88. The van der Waals surface area contributed by atoms with Gasteiger partial charge in [-0.2, -0.15) is 0 Å². The number of nitrogens with zero attached hydrogens (tertiary/aromatic N) is 1. The lowest BCUT2D eigenvalue weighted by Crippen LogP contribution is -2.10. The topological polar surface area (TPSA) is 12.4 Å². The fourth-order valence-electron chi connectivity index (χ4n) is 1.89. The molecule has 1 nitrogen and oxygen atoms in total. The van der Waals surface area contributed by atoms with E-state index < -0.39 is 0 Å². The van der Waals surface area contributed by atoms with Gasteiger partial charge in [-0.25, -0.2) is 4.39 Å². The predicted molar refractivity (Wildman–Crippen MR) is 61.5 cm³/mol. The van der Waals surface area contributed by atoms with Gasteiger partial charge in [0.2, 0.25) is 0 Å². The van der Waals surface area contributed by atoms with Crippen molar-refractivity contribution in [2.24, 2.45) is 4.99 Å². The molecule has 0 amide bonds. The standard InChI is InChI=1S/C11H13FNP/c1-6-3-7(2)13-10-5-9(12)11(14)4-8(6)10/h4-6H,3,14H2,1-2H3. The molecule has 14 heavy (non-hydrogen) atoms. The summed E-state index contributed by atoms with van der Waals surface area (Å²) in [7, 11) is 2.42. The predicted octanol–water partition coefficient (Wildman–Crippen LogP) is 2.93. The minimum absolute atomic E-state index is 0.195. The van der Waals surface area contributed by atoms with Gasteiger partial charge in [-0.05, 0) is 30.9 Å². The quantitative estimate of drug-likeness (QED) is 0.582. The van der Waals surface area contributed by atoms with E-state index in [1.165, 1.54) is 6.07 Å². The molecule has 0 aliphatic carbocycles. The van der Waals surface area contributed by atoms with Crippen molar-refractivity contribution in [2.75, 3.05) is 0 Å². The van der Waals surface area contributed by atoms with E-state index >= 15 is 0 Å². The number of halogens is 1. The zero-order valence-corrected chi connectivity index (χ0v) is 9.50. The third kappa shape index (κ3) is 1.59. The second-order valence-corrected chi connectivity index (χ2v) is 4.51. The van der Waals surface area contributed by atoms with E-state index in [1.807, 2.05) is 13.0 Å². The van der Waals surface area contributed by atoms with Crippen molar-refractivity contribution in [1.82, 2.24) is 0 Å². The maximum absolute atomic E-state index is 13.3. The van der Waals surface area contributed by atoms with Gasteiger partial charge in [0.1, 0.15) is 5.82 Å². The van der Waals surface area contributed by atoms with Crippen LogP contribution in [0.25, 0.3) is 0 Å². The van der Waals surface area contributed by atoms with Crippen LogP contribution in [0.5, 0.6) is 0 Å². The highest BCUT2D eigenvalue weighted by molar-refractivity contribution is 7.27. The van der Waals surface area contributed by atoms with E-state index in [0.29, 0.717) is 11.2 Å². The lowest BCUT2D eigenvalue weighted by Gasteiger charge is -2.20. The molecule has 0 fully saturated rings. The lowest BCUT2D eigenvalue weighted by atomic mass is 9.91. The smallest absolute Gasteiger partial charge is 0.132 e. The normalized spacial score (nSPS) is 20.3. The average molecular weight is 209 g/mol. The molecule has 2 atom stereocenters. The monoisotopic (exact) mass is 209 g/mol. The van der Waals surface area contributed by atoms with Gasteiger partial charge in [-0.3, -0.25) is 4.99 Å². The van der Waals surface area contributed by atoms with E-state index in [-0.39, 0.29) is 5.82 Å². The molecule has 1 aliphatic rings. The number of aliphatic imine (C=N–C) groups is 1. The summed E-state index contributed by atoms with van der Waals surface area (Å²) in [6.45, 7) is 4.14. The Kier molecular flexibility index (Phi) is 2.40. The molecule has 0 bridgehead atoms. The van der Waals surface area contributed by atoms with Gasteiger partial charge in [-0.15, -0.1) is 9.24 Å². The van der Waals surface area contributed by atoms with E-state index in [9.17, 15) is 4.39 Å². The Morgan fingerprint density at radius 1 is 1.50 bits per heavy atom. The first-order chi connectivity index (χ1) is 6.58. The SMILES string of the molecule is CC1=Nc2cc(F)c(P)cc2C(C)C1. The third-order valence-corrected chi connectivity index (χ3v) is 3.03. The lowest BCUT2D eigenvalue weighted by molar-refractivity contribution is 0.634. The Labute approximate surface area is 85.6 Å². The van der Waals surface area contributed by atoms with Crippen molar-refractivity contribution in [3.63, 3.8) is 0 Å². The van der Waals surface area contributed by atoms with Gasteiger partial charge in [-0.1, -0.05) is 6.92 Å². The van der Waals surface area contributed by atoms with E-state index in [2.05, 4.69) is 21.2 Å². The number of hydrogen-bond acceptors (Lipinski definition) is 1. The van der Waals surface area contributed by atoms with Crippen LogP contribution < -0.4 is 5.30 Å². The van der Waals surface area contributed by atoms with Crippen LogP contribution in [-0.2, 0) is 0 Å². The molecule has 1 aliphatic heterocycles. The summed E-state index contributed by atoms with van der Waals surface area (Å²) < 4.78 is 13.3. The van der Waals surface area contributed by atoms with Gasteiger partial charge in [0.25, 0.3) is 0 Å². The summed E-state index contributed by atoms with van der Waals surface area (Å²) in [4.78, 5) is 4.37. The number of fused-ring (bicyclic) bond motifs is 1. The van der Waals surface area contributed by atoms with Crippen LogP contribution in [0.4, 0.5) is 10.1 Å². The van der Waals surface area contributed by atoms with E-state index in [0.717, 1.165) is 23.4 Å². The molecule has 1 aromatic rings. The first kappa shape index (κ1) is 9.79. The zero-order valence-electron chi connectivity index (χ0n) is 8.34. The Morgan fingerprint density at radius 3 is 2.93 bits per heavy atom. The molecule has 1 aromatic carbocycles. The minimum atomic E-state index is -0.195. The Hall–Kier alpha value is -0.750. The van der Waals surface area contributed by atoms with Gasteiger partial charge < -0.3 is 0 Å². The van der Waals surface area contributed by atoms with Gasteiger partial charge in [0, 0.05) is 17.1 Å². The van der Waals surface area contributed by atoms with Crippen LogP contribution in [0.1, 0.15) is 31.7 Å². The Morgan fingerprint density at radius 2 is 2.21 bits per heavy atom. The summed E-state index contributed by atoms with van der Waals surface area (Å²) in [5, 5.41) is 0.630. The van der Waals surface area contributed by atoms with Gasteiger partial charge in [0.05, 0.1) is 5.69 Å². The van der Waals surface area contributed by atoms with Crippen LogP contribution >= 0.6 is 9.24 Å². The molecule has 0 saturated heterocycles. The molecule has 1 heterocycles. The molecular formula is C11H13FNP. The van der Waals surface area contributed by atoms with Crippen molar-refractivity contribution in [3.8, 4) is 0 Å². The van der Waals surface area contributed by atoms with Crippen molar-refractivity contribution in [2.45, 2.75) is 26.2 Å². The molecule has 0 aromatic heterocycles. The minimum Gasteiger partial charge on any atom is -0.258 e. The maximum atomic E-state index is 13.3. The molecule has 0 spiro atoms. The largest absolute Gasteiger partial charge is 0.258 e. The Balaban J connectivity index is 2.61. The van der Waals surface area contributed by atoms with Crippen molar-refractivity contribution in [1.29, 1.82) is 0 Å². The van der Waals surface area contributed by atoms with Gasteiger partial charge >= 0.3 is 0 Å². The number of benzene rings is 1. The van der Waals surface area contributed by atoms with Crippen molar-refractivity contribution in [3.05, 3.63) is 23.5 Å². The van der Waals surface area contributed by atoms with Crippen LogP contribution in [0, 0.1) is 5.82 Å². The highest BCUT2D eigenvalue weighted by atomic mass is 31.0. The Bertz CT molecular complexity index is 412. The zero-order chi connectivity index (χ0) is 10.3. The maximum Gasteiger partial charge on any atom is 0.132 e. The fraction of sp³-hybridized carbons (Fsp3) is 0.364. The molecular weight excluding hydrogens is 196 g/mol. The molecule has 0 saturated carbocycles. The number of hydrogen-bond donors (Lipinski definition) is 0. The summed E-state index contributed by atoms with van der Waals surface area (Å²) >= 11 is 0. The number of rotatable bonds is 0. The molecule has 3 heteroatoms. The van der Waals surface area contributed by atoms with Crippen LogP contribution in [0.2, 0.25) is 0 Å². The highest BCUT2D eigenvalue weighted by Crippen LogP contribution is 2.34. The summed E-state index contributed by atoms with van der Waals surface area (Å²) in [6.07, 6.45) is 0.975. The molecule has 74 valence electrons. The summed E-state index contributed by atoms with van der Waals surface area (Å²) in [5.74, 6) is 0.252. The first-order valence-corrected chi connectivity index (χ1v) is 5.28. The van der Waals surface area contributed by atoms with Gasteiger partial charge in [0.15, 0.2) is 0 Å². The second kappa shape index (κ2) is 3.43.